The molecule has 1 heterocycles. The number of carbonyl (C=O) groups is 1. The van der Waals surface area contributed by atoms with Crippen LogP contribution in [0.5, 0.6) is 0 Å². The molecule has 1 aliphatic heterocycles. The lowest BCUT2D eigenvalue weighted by Gasteiger charge is -2.30. The van der Waals surface area contributed by atoms with Crippen molar-refractivity contribution in [2.45, 2.75) is 64.6 Å². The fourth-order valence-corrected chi connectivity index (χ4v) is 3.95. The lowest BCUT2D eigenvalue weighted by molar-refractivity contribution is -0.127. The summed E-state index contributed by atoms with van der Waals surface area (Å²) in [7, 11) is 0. The summed E-state index contributed by atoms with van der Waals surface area (Å²) in [5.74, 6) is 0.799. The van der Waals surface area contributed by atoms with Gasteiger partial charge in [0.05, 0.1) is 6.10 Å². The molecule has 4 heteroatoms. The Morgan fingerprint density at radius 1 is 1.12 bits per heavy atom. The van der Waals surface area contributed by atoms with Crippen LogP contribution in [0.2, 0.25) is 0 Å². The quantitative estimate of drug-likeness (QED) is 0.823. The van der Waals surface area contributed by atoms with Crippen molar-refractivity contribution < 1.29 is 9.53 Å². The zero-order chi connectivity index (χ0) is 17.5. The average molecular weight is 344 g/mol. The van der Waals surface area contributed by atoms with Crippen LogP contribution >= 0.6 is 0 Å². The Bertz CT molecular complexity index is 537. The van der Waals surface area contributed by atoms with Crippen LogP contribution in [-0.4, -0.2) is 36.6 Å². The zero-order valence-corrected chi connectivity index (χ0v) is 15.5. The van der Waals surface area contributed by atoms with Gasteiger partial charge in [0.2, 0.25) is 5.91 Å². The highest BCUT2D eigenvalue weighted by Gasteiger charge is 2.17. The normalized spacial score (nSPS) is 22.2. The molecular formula is C21H32N2O2. The maximum Gasteiger partial charge on any atom is 0.246 e. The number of ether oxygens (including phenoxy) is 1. The number of likely N-dealkylation sites (tertiary alicyclic amines) is 1. The molecule has 1 amide bonds. The largest absolute Gasteiger partial charge is 0.368 e. The van der Waals surface area contributed by atoms with Crippen LogP contribution in [0.3, 0.4) is 0 Å². The van der Waals surface area contributed by atoms with Crippen LogP contribution in [0.1, 0.15) is 56.6 Å². The molecular weight excluding hydrogens is 312 g/mol. The number of hydrogen-bond acceptors (Lipinski definition) is 3. The van der Waals surface area contributed by atoms with Gasteiger partial charge in [-0.05, 0) is 49.3 Å². The number of amides is 1. The van der Waals surface area contributed by atoms with Gasteiger partial charge in [-0.3, -0.25) is 9.69 Å². The van der Waals surface area contributed by atoms with Crippen LogP contribution in [0.15, 0.2) is 24.3 Å². The van der Waals surface area contributed by atoms with Gasteiger partial charge in [-0.15, -0.1) is 0 Å². The van der Waals surface area contributed by atoms with E-state index in [-0.39, 0.29) is 12.5 Å². The van der Waals surface area contributed by atoms with Gasteiger partial charge in [-0.2, -0.15) is 0 Å². The molecule has 4 nitrogen and oxygen atoms in total. The second-order valence-corrected chi connectivity index (χ2v) is 7.79. The van der Waals surface area contributed by atoms with Gasteiger partial charge >= 0.3 is 0 Å². The molecule has 0 spiro atoms. The van der Waals surface area contributed by atoms with Crippen molar-refractivity contribution in [3.05, 3.63) is 35.4 Å². The third-order valence-corrected chi connectivity index (χ3v) is 5.41. The second-order valence-electron chi connectivity index (χ2n) is 7.79. The summed E-state index contributed by atoms with van der Waals surface area (Å²) < 4.78 is 5.65. The molecule has 1 N–H and O–H groups in total. The molecule has 1 saturated carbocycles. The van der Waals surface area contributed by atoms with E-state index in [0.717, 1.165) is 30.9 Å². The van der Waals surface area contributed by atoms with E-state index in [1.807, 2.05) is 0 Å². The first-order chi connectivity index (χ1) is 12.2. The van der Waals surface area contributed by atoms with Crippen molar-refractivity contribution in [1.29, 1.82) is 0 Å². The average Bonchev–Trinajstić information content (AvgIpc) is 3.13. The second kappa shape index (κ2) is 9.35. The van der Waals surface area contributed by atoms with Gasteiger partial charge in [0.15, 0.2) is 0 Å². The fourth-order valence-electron chi connectivity index (χ4n) is 3.95. The first-order valence-electron chi connectivity index (χ1n) is 9.87. The highest BCUT2D eigenvalue weighted by atomic mass is 16.5. The van der Waals surface area contributed by atoms with Crippen molar-refractivity contribution in [2.75, 3.05) is 19.7 Å². The predicted molar refractivity (Wildman–Crippen MR) is 100 cm³/mol. The number of rotatable bonds is 7. The van der Waals surface area contributed by atoms with Crippen LogP contribution in [0, 0.1) is 5.92 Å². The monoisotopic (exact) mass is 344 g/mol. The molecule has 1 atom stereocenters. The lowest BCUT2D eigenvalue weighted by Crippen LogP contribution is -2.33. The van der Waals surface area contributed by atoms with Crippen molar-refractivity contribution in [2.24, 2.45) is 5.92 Å². The standard InChI is InChI=1S/C21H32N2O2/c1-17-5-4-12-23(14-17)15-19-10-8-18(9-11-19)13-22-21(24)16-25-20-6-2-3-7-20/h8-11,17,20H,2-7,12-16H2,1H3,(H,22,24). The summed E-state index contributed by atoms with van der Waals surface area (Å²) >= 11 is 0. The van der Waals surface area contributed by atoms with Crippen LogP contribution < -0.4 is 5.32 Å². The Hall–Kier alpha value is -1.39. The van der Waals surface area contributed by atoms with Crippen molar-refractivity contribution in [3.8, 4) is 0 Å². The van der Waals surface area contributed by atoms with E-state index in [1.165, 1.54) is 44.3 Å². The van der Waals surface area contributed by atoms with Gasteiger partial charge in [0, 0.05) is 19.6 Å². The minimum absolute atomic E-state index is 0.0155. The Labute approximate surface area is 151 Å². The Morgan fingerprint density at radius 3 is 2.56 bits per heavy atom. The summed E-state index contributed by atoms with van der Waals surface area (Å²) in [5, 5.41) is 2.96. The molecule has 1 aromatic rings. The maximum atomic E-state index is 11.9. The number of carbonyl (C=O) groups excluding carboxylic acids is 1. The number of nitrogens with zero attached hydrogens (tertiary/aromatic N) is 1. The molecule has 3 rings (SSSR count). The molecule has 25 heavy (non-hydrogen) atoms. The summed E-state index contributed by atoms with van der Waals surface area (Å²) in [6, 6.07) is 8.63. The lowest BCUT2D eigenvalue weighted by atomic mass is 9.99. The van der Waals surface area contributed by atoms with E-state index in [9.17, 15) is 4.79 Å². The summed E-state index contributed by atoms with van der Waals surface area (Å²) in [6.07, 6.45) is 7.63. The van der Waals surface area contributed by atoms with Crippen molar-refractivity contribution >= 4 is 5.91 Å². The van der Waals surface area contributed by atoms with E-state index in [4.69, 9.17) is 4.74 Å². The topological polar surface area (TPSA) is 41.6 Å². The van der Waals surface area contributed by atoms with Crippen LogP contribution in [0.4, 0.5) is 0 Å². The molecule has 1 saturated heterocycles. The molecule has 1 aliphatic carbocycles. The smallest absolute Gasteiger partial charge is 0.246 e. The van der Waals surface area contributed by atoms with E-state index in [0.29, 0.717) is 12.6 Å². The Balaban J connectivity index is 1.37. The van der Waals surface area contributed by atoms with Gasteiger partial charge in [0.1, 0.15) is 6.61 Å². The number of nitrogens with one attached hydrogen (secondary N) is 1. The third-order valence-electron chi connectivity index (χ3n) is 5.41. The molecule has 2 fully saturated rings. The van der Waals surface area contributed by atoms with Crippen molar-refractivity contribution in [1.82, 2.24) is 10.2 Å². The van der Waals surface area contributed by atoms with E-state index in [1.54, 1.807) is 0 Å². The fraction of sp³-hybridized carbons (Fsp3) is 0.667. The van der Waals surface area contributed by atoms with E-state index < -0.39 is 0 Å². The summed E-state index contributed by atoms with van der Waals surface area (Å²) in [5.41, 5.74) is 2.50. The SMILES string of the molecule is CC1CCCN(Cc2ccc(CNC(=O)COC3CCCC3)cc2)C1. The highest BCUT2D eigenvalue weighted by Crippen LogP contribution is 2.20. The van der Waals surface area contributed by atoms with Gasteiger partial charge in [-0.1, -0.05) is 44.0 Å². The van der Waals surface area contributed by atoms with Crippen LogP contribution in [0.25, 0.3) is 0 Å². The zero-order valence-electron chi connectivity index (χ0n) is 15.5. The number of hydrogen-bond donors (Lipinski definition) is 1. The van der Waals surface area contributed by atoms with Gasteiger partial charge in [0.25, 0.3) is 0 Å². The third kappa shape index (κ3) is 6.12. The summed E-state index contributed by atoms with van der Waals surface area (Å²) in [4.78, 5) is 14.4. The van der Waals surface area contributed by atoms with Crippen LogP contribution in [-0.2, 0) is 22.6 Å². The van der Waals surface area contributed by atoms with Crippen molar-refractivity contribution in [3.63, 3.8) is 0 Å². The minimum Gasteiger partial charge on any atom is -0.368 e. The van der Waals surface area contributed by atoms with E-state index in [2.05, 4.69) is 41.4 Å². The first-order valence-corrected chi connectivity index (χ1v) is 9.87. The summed E-state index contributed by atoms with van der Waals surface area (Å²) in [6.45, 7) is 6.56. The Morgan fingerprint density at radius 2 is 1.84 bits per heavy atom. The first kappa shape index (κ1) is 18.4. The van der Waals surface area contributed by atoms with E-state index >= 15 is 0 Å². The Kier molecular flexibility index (Phi) is 6.88. The maximum absolute atomic E-state index is 11.9. The molecule has 2 aliphatic rings. The molecule has 0 bridgehead atoms. The molecule has 0 radical (unpaired) electrons. The van der Waals surface area contributed by atoms with Gasteiger partial charge in [-0.25, -0.2) is 0 Å². The minimum atomic E-state index is -0.0155. The molecule has 138 valence electrons. The van der Waals surface area contributed by atoms with Gasteiger partial charge < -0.3 is 10.1 Å². The predicted octanol–water partition coefficient (Wildman–Crippen LogP) is 3.49. The molecule has 1 aromatic carbocycles. The molecule has 0 aromatic heterocycles. The molecule has 1 unspecified atom stereocenters. The number of piperidine rings is 1. The highest BCUT2D eigenvalue weighted by molar-refractivity contribution is 5.77. The number of benzene rings is 1.